The van der Waals surface area contributed by atoms with E-state index in [-0.39, 0.29) is 23.8 Å². The number of amides is 3. The summed E-state index contributed by atoms with van der Waals surface area (Å²) in [5, 5.41) is 14.4. The Morgan fingerprint density at radius 2 is 0.890 bits per heavy atom. The Balaban J connectivity index is 0.000000157. The molecule has 15 nitrogen and oxygen atoms in total. The molecule has 14 rings (SSSR count). The molecule has 0 atom stereocenters. The number of ether oxygens (including phenoxy) is 2. The van der Waals surface area contributed by atoms with Crippen LogP contribution in [0.4, 0.5) is 0 Å². The molecule has 0 spiro atoms. The van der Waals surface area contributed by atoms with Crippen molar-refractivity contribution < 1.29 is 33.8 Å². The van der Waals surface area contributed by atoms with Crippen LogP contribution in [0.2, 0.25) is 0 Å². The molecule has 8 saturated heterocycles. The Morgan fingerprint density at radius 1 is 0.527 bits per heavy atom. The van der Waals surface area contributed by atoms with E-state index in [4.69, 9.17) is 20.3 Å². The van der Waals surface area contributed by atoms with Crippen LogP contribution in [0.25, 0.3) is 42.9 Å². The summed E-state index contributed by atoms with van der Waals surface area (Å²) >= 11 is 3.55. The summed E-state index contributed by atoms with van der Waals surface area (Å²) in [5.41, 5.74) is 18.0. The minimum Gasteiger partial charge on any atom is -0.481 e. The molecule has 2 aromatic carbocycles. The molecule has 4 bridgehead atoms. The molecule has 8 aliphatic rings. The van der Waals surface area contributed by atoms with E-state index in [1.165, 1.54) is 133 Å². The first-order chi connectivity index (χ1) is 43.7. The number of carbonyl (C=O) groups is 4. The maximum absolute atomic E-state index is 14.0. The van der Waals surface area contributed by atoms with Gasteiger partial charge in [-0.05, 0) is 243 Å². The van der Waals surface area contributed by atoms with Gasteiger partial charge in [0.25, 0.3) is 0 Å². The van der Waals surface area contributed by atoms with Gasteiger partial charge in [0.1, 0.15) is 9.66 Å². The number of H-pyrrole nitrogens is 2. The maximum atomic E-state index is 14.0. The molecule has 17 heteroatoms. The summed E-state index contributed by atoms with van der Waals surface area (Å²) in [5.74, 6) is 0.118. The number of rotatable bonds is 15. The van der Waals surface area contributed by atoms with Crippen LogP contribution in [0, 0.1) is 39.5 Å². The van der Waals surface area contributed by atoms with Crippen LogP contribution < -0.4 is 11.1 Å². The molecule has 91 heavy (non-hydrogen) atoms. The predicted molar refractivity (Wildman–Crippen MR) is 367 cm³/mol. The Hall–Kier alpha value is -5.40. The fourth-order valence-electron chi connectivity index (χ4n) is 16.5. The van der Waals surface area contributed by atoms with Crippen molar-refractivity contribution in [2.75, 3.05) is 65.7 Å². The quantitative estimate of drug-likeness (QED) is 0.0662. The molecule has 6 aromatic rings. The molecule has 0 radical (unpaired) electrons. The summed E-state index contributed by atoms with van der Waals surface area (Å²) in [7, 11) is 0. The van der Waals surface area contributed by atoms with Gasteiger partial charge >= 0.3 is 5.97 Å². The topological polar surface area (TPSA) is 190 Å². The summed E-state index contributed by atoms with van der Waals surface area (Å²) in [4.78, 5) is 72.9. The van der Waals surface area contributed by atoms with Crippen molar-refractivity contribution in [3.05, 3.63) is 91.7 Å². The van der Waals surface area contributed by atoms with E-state index >= 15 is 0 Å². The Labute approximate surface area is 547 Å². The van der Waals surface area contributed by atoms with E-state index in [1.54, 1.807) is 22.7 Å². The number of thiophene rings is 2. The number of aromatic nitrogens is 2. The molecule has 12 heterocycles. The van der Waals surface area contributed by atoms with Gasteiger partial charge in [0, 0.05) is 115 Å². The van der Waals surface area contributed by atoms with Crippen LogP contribution in [-0.2, 0) is 52.3 Å². The number of carboxylic acids is 1. The van der Waals surface area contributed by atoms with Gasteiger partial charge in [-0.2, -0.15) is 0 Å². The second-order valence-corrected chi connectivity index (χ2v) is 31.5. The number of carboxylic acid groups (broad SMARTS) is 1. The molecule has 3 amide bonds. The number of carbonyl (C=O) groups excluding carboxylic acids is 3. The normalized spacial score (nSPS) is 23.0. The molecular weight excluding hydrogens is 1180 g/mol. The predicted octanol–water partition coefficient (Wildman–Crippen LogP) is 12.9. The molecule has 492 valence electrons. The second-order valence-electron chi connectivity index (χ2n) is 29.4. The summed E-state index contributed by atoms with van der Waals surface area (Å²) in [6, 6.07) is 20.7. The second kappa shape index (κ2) is 27.9. The number of hydrogen-bond donors (Lipinski definition) is 5. The maximum Gasteiger partial charge on any atom is 0.306 e. The number of aryl methyl sites for hydroxylation is 4. The lowest BCUT2D eigenvalue weighted by molar-refractivity contribution is -0.144. The van der Waals surface area contributed by atoms with Crippen LogP contribution in [0.5, 0.6) is 0 Å². The van der Waals surface area contributed by atoms with Crippen LogP contribution in [0.1, 0.15) is 174 Å². The van der Waals surface area contributed by atoms with Gasteiger partial charge < -0.3 is 55.2 Å². The first-order valence-electron chi connectivity index (χ1n) is 34.7. The SMILES string of the molecule is Cc1cc(C)cc(-c2[nH]c3sc(C(C)(C)C(=O)N4C5CCC4CC5)cc3c2CCN2CCC(N)CC2)c1.Cc1cc(C)cc(-c2[nH]c3sc(C(C)(C)C(=O)N4C5CCC4CC5)cc3c2CCN2CCC(NC(=O)C3CCOCC3)CC2)c1.O=C(O)C1CCOCC1. The fraction of sp³-hybridized carbons (Fsp3) is 0.622. The van der Waals surface area contributed by atoms with Crippen molar-refractivity contribution in [2.45, 2.75) is 218 Å². The standard InChI is InChI=1S/C37H50N4O3S.C31H42N4OS.C6H10O3/c1-23-19-24(2)21-26(20-23)33-30(11-16-40-14-9-27(10-15-40)38-34(42)25-12-17-44-18-13-25)31-22-32(45-35(31)39-33)37(3,4)36(43)41-28-5-6-29(41)8-7-28;1-19-15-20(2)17-21(16-19)28-25(11-14-34-12-9-22(32)10-13-34)26-18-27(37-29(26)33-28)31(3,4)30(36)35-23-5-6-24(35)8-7-23;7-6(8)5-1-3-9-4-2-5/h19-22,25,27-29,39H,5-18H2,1-4H3,(H,38,42);15-18,22-24,33H,5-14,32H2,1-4H3;5H,1-4H2,(H,7,8). The zero-order valence-electron chi connectivity index (χ0n) is 55.6. The molecule has 0 saturated carbocycles. The van der Waals surface area contributed by atoms with Crippen molar-refractivity contribution in [1.82, 2.24) is 34.9 Å². The third-order valence-corrected chi connectivity index (χ3v) is 24.7. The number of benzene rings is 2. The highest BCUT2D eigenvalue weighted by atomic mass is 32.1. The zero-order chi connectivity index (χ0) is 63.9. The van der Waals surface area contributed by atoms with Gasteiger partial charge in [-0.25, -0.2) is 0 Å². The van der Waals surface area contributed by atoms with Gasteiger partial charge in [0.15, 0.2) is 0 Å². The van der Waals surface area contributed by atoms with E-state index in [2.05, 4.69) is 139 Å². The third kappa shape index (κ3) is 14.3. The molecular formula is C74H102N8O7S2. The van der Waals surface area contributed by atoms with E-state index < -0.39 is 16.8 Å². The molecule has 0 aliphatic carbocycles. The molecule has 6 N–H and O–H groups in total. The lowest BCUT2D eigenvalue weighted by Crippen LogP contribution is -2.47. The molecule has 8 fully saturated rings. The smallest absolute Gasteiger partial charge is 0.306 e. The van der Waals surface area contributed by atoms with Crippen LogP contribution >= 0.6 is 22.7 Å². The van der Waals surface area contributed by atoms with Crippen LogP contribution in [-0.4, -0.2) is 160 Å². The number of likely N-dealkylation sites (tertiary alicyclic amines) is 2. The van der Waals surface area contributed by atoms with Gasteiger partial charge in [0.2, 0.25) is 17.7 Å². The van der Waals surface area contributed by atoms with Gasteiger partial charge in [-0.1, -0.05) is 34.4 Å². The van der Waals surface area contributed by atoms with Crippen molar-refractivity contribution in [3.63, 3.8) is 0 Å². The highest BCUT2D eigenvalue weighted by Crippen LogP contribution is 2.47. The summed E-state index contributed by atoms with van der Waals surface area (Å²) < 4.78 is 10.4. The largest absolute Gasteiger partial charge is 0.481 e. The van der Waals surface area contributed by atoms with Crippen molar-refractivity contribution >= 4 is 66.8 Å². The first kappa shape index (κ1) is 65.7. The molecule has 4 aromatic heterocycles. The van der Waals surface area contributed by atoms with Gasteiger partial charge in [0.05, 0.1) is 28.1 Å². The number of piperidine rings is 2. The minimum atomic E-state index is -0.682. The number of fused-ring (bicyclic) bond motifs is 6. The lowest BCUT2D eigenvalue weighted by atomic mass is 9.88. The van der Waals surface area contributed by atoms with Crippen molar-refractivity contribution in [1.29, 1.82) is 0 Å². The highest BCUT2D eigenvalue weighted by Gasteiger charge is 2.49. The Bertz CT molecular complexity index is 3490. The lowest BCUT2D eigenvalue weighted by Gasteiger charge is -2.33. The highest BCUT2D eigenvalue weighted by molar-refractivity contribution is 7.19. The number of aromatic amines is 2. The third-order valence-electron chi connectivity index (χ3n) is 22.0. The van der Waals surface area contributed by atoms with Crippen LogP contribution in [0.15, 0.2) is 48.5 Å². The number of aliphatic carboxylic acids is 1. The average Bonchev–Trinajstić information content (AvgIpc) is 1.62. The van der Waals surface area contributed by atoms with E-state index in [0.717, 1.165) is 95.5 Å². The zero-order valence-corrected chi connectivity index (χ0v) is 57.2. The number of nitrogens with two attached hydrogens (primary N) is 1. The number of hydrogen-bond acceptors (Lipinski definition) is 11. The van der Waals surface area contributed by atoms with Gasteiger partial charge in [-0.15, -0.1) is 22.7 Å². The van der Waals surface area contributed by atoms with Crippen LogP contribution in [0.3, 0.4) is 0 Å². The minimum absolute atomic E-state index is 0.109. The van der Waals surface area contributed by atoms with E-state index in [0.29, 0.717) is 81.3 Å². The number of nitrogens with one attached hydrogen (secondary N) is 3. The van der Waals surface area contributed by atoms with Gasteiger partial charge in [-0.3, -0.25) is 19.2 Å². The summed E-state index contributed by atoms with van der Waals surface area (Å²) in [6.45, 7) is 26.0. The Morgan fingerprint density at radius 3 is 1.25 bits per heavy atom. The first-order valence-corrected chi connectivity index (χ1v) is 36.3. The van der Waals surface area contributed by atoms with Crippen molar-refractivity contribution in [2.24, 2.45) is 17.6 Å². The summed E-state index contributed by atoms with van der Waals surface area (Å²) in [6.07, 6.45) is 18.6. The monoisotopic (exact) mass is 1280 g/mol. The average molecular weight is 1280 g/mol. The molecule has 0 unspecified atom stereocenters. The Kier molecular flexibility index (Phi) is 20.1. The van der Waals surface area contributed by atoms with Crippen molar-refractivity contribution in [3.8, 4) is 22.5 Å². The van der Waals surface area contributed by atoms with E-state index in [1.807, 2.05) is 0 Å². The molecule has 8 aliphatic heterocycles. The number of nitrogens with zero attached hydrogens (tertiary/aromatic N) is 4. The van der Waals surface area contributed by atoms with E-state index in [9.17, 15) is 19.2 Å². The fourth-order valence-corrected chi connectivity index (χ4v) is 18.9.